The second-order valence-electron chi connectivity index (χ2n) is 6.36. The SMILES string of the molecule is O=C(O)CCC1CCCN(C(=O)CCNS(=O)(=O)c2ccccc2F)C1. The number of halogens is 1. The highest BCUT2D eigenvalue weighted by molar-refractivity contribution is 7.89. The number of likely N-dealkylation sites (tertiary alicyclic amines) is 1. The van der Waals surface area contributed by atoms with Crippen LogP contribution in [-0.2, 0) is 19.6 Å². The lowest BCUT2D eigenvalue weighted by atomic mass is 9.93. The average Bonchev–Trinajstić information content (AvgIpc) is 2.60. The number of amides is 1. The fourth-order valence-electron chi connectivity index (χ4n) is 3.05. The Morgan fingerprint density at radius 2 is 2.00 bits per heavy atom. The predicted octanol–water partition coefficient (Wildman–Crippen LogP) is 1.60. The normalized spacial score (nSPS) is 17.9. The van der Waals surface area contributed by atoms with Crippen molar-refractivity contribution in [1.82, 2.24) is 9.62 Å². The lowest BCUT2D eigenvalue weighted by Gasteiger charge is -2.32. The van der Waals surface area contributed by atoms with E-state index in [1.165, 1.54) is 12.1 Å². The van der Waals surface area contributed by atoms with Gasteiger partial charge in [-0.05, 0) is 37.3 Å². The molecule has 144 valence electrons. The third kappa shape index (κ3) is 5.77. The minimum atomic E-state index is -4.01. The summed E-state index contributed by atoms with van der Waals surface area (Å²) in [5.74, 6) is -1.74. The molecule has 7 nitrogen and oxygen atoms in total. The first-order valence-corrected chi connectivity index (χ1v) is 10.0. The molecule has 2 N–H and O–H groups in total. The number of hydrogen-bond acceptors (Lipinski definition) is 4. The molecule has 2 rings (SSSR count). The lowest BCUT2D eigenvalue weighted by Crippen LogP contribution is -2.41. The fraction of sp³-hybridized carbons (Fsp3) is 0.529. The van der Waals surface area contributed by atoms with Crippen LogP contribution < -0.4 is 4.72 Å². The van der Waals surface area contributed by atoms with Crippen molar-refractivity contribution in [3.63, 3.8) is 0 Å². The van der Waals surface area contributed by atoms with Gasteiger partial charge in [0.2, 0.25) is 15.9 Å². The van der Waals surface area contributed by atoms with Crippen molar-refractivity contribution < 1.29 is 27.5 Å². The Kier molecular flexibility index (Phi) is 7.10. The van der Waals surface area contributed by atoms with Gasteiger partial charge < -0.3 is 10.0 Å². The van der Waals surface area contributed by atoms with Crippen molar-refractivity contribution in [2.45, 2.75) is 37.0 Å². The third-order valence-electron chi connectivity index (χ3n) is 4.40. The molecule has 0 spiro atoms. The first-order valence-electron chi connectivity index (χ1n) is 8.53. The summed E-state index contributed by atoms with van der Waals surface area (Å²) in [5.41, 5.74) is 0. The summed E-state index contributed by atoms with van der Waals surface area (Å²) < 4.78 is 40.0. The fourth-order valence-corrected chi connectivity index (χ4v) is 4.15. The van der Waals surface area contributed by atoms with Gasteiger partial charge in [-0.15, -0.1) is 0 Å². The highest BCUT2D eigenvalue weighted by Crippen LogP contribution is 2.21. The first kappa shape index (κ1) is 20.3. The summed E-state index contributed by atoms with van der Waals surface area (Å²) in [5, 5.41) is 8.75. The standard InChI is InChI=1S/C17H23FN2O5S/c18-14-5-1-2-6-15(14)26(24,25)19-10-9-16(21)20-11-3-4-13(12-20)7-8-17(22)23/h1-2,5-6,13,19H,3-4,7-12H2,(H,22,23). The zero-order chi connectivity index (χ0) is 19.2. The van der Waals surface area contributed by atoms with Crippen LogP contribution in [0.3, 0.4) is 0 Å². The number of sulfonamides is 1. The maximum Gasteiger partial charge on any atom is 0.303 e. The second kappa shape index (κ2) is 9.09. The Bertz CT molecular complexity index is 753. The summed E-state index contributed by atoms with van der Waals surface area (Å²) in [7, 11) is -4.01. The molecule has 1 saturated heterocycles. The highest BCUT2D eigenvalue weighted by Gasteiger charge is 2.24. The molecule has 1 amide bonds. The van der Waals surface area contributed by atoms with Gasteiger partial charge in [0.25, 0.3) is 0 Å². The van der Waals surface area contributed by atoms with Crippen molar-refractivity contribution in [2.75, 3.05) is 19.6 Å². The van der Waals surface area contributed by atoms with E-state index >= 15 is 0 Å². The monoisotopic (exact) mass is 386 g/mol. The number of rotatable bonds is 8. The average molecular weight is 386 g/mol. The number of hydrogen-bond donors (Lipinski definition) is 2. The molecule has 1 aliphatic rings. The van der Waals surface area contributed by atoms with Crippen LogP contribution in [-0.4, -0.2) is 49.9 Å². The molecule has 1 fully saturated rings. The van der Waals surface area contributed by atoms with Gasteiger partial charge in [-0.2, -0.15) is 0 Å². The van der Waals surface area contributed by atoms with Gasteiger partial charge in [-0.25, -0.2) is 17.5 Å². The maximum atomic E-state index is 13.6. The van der Waals surface area contributed by atoms with Crippen LogP contribution in [0.5, 0.6) is 0 Å². The predicted molar refractivity (Wildman–Crippen MR) is 92.4 cm³/mol. The number of piperidine rings is 1. The topological polar surface area (TPSA) is 104 Å². The largest absolute Gasteiger partial charge is 0.481 e. The second-order valence-corrected chi connectivity index (χ2v) is 8.09. The zero-order valence-electron chi connectivity index (χ0n) is 14.4. The van der Waals surface area contributed by atoms with Crippen LogP contribution in [0.2, 0.25) is 0 Å². The molecule has 0 bridgehead atoms. The van der Waals surface area contributed by atoms with Gasteiger partial charge in [-0.1, -0.05) is 12.1 Å². The van der Waals surface area contributed by atoms with Gasteiger partial charge in [0.15, 0.2) is 0 Å². The van der Waals surface area contributed by atoms with Gasteiger partial charge in [0.1, 0.15) is 10.7 Å². The third-order valence-corrected chi connectivity index (χ3v) is 5.89. The van der Waals surface area contributed by atoms with Gasteiger partial charge in [0, 0.05) is 32.5 Å². The Balaban J connectivity index is 1.83. The number of nitrogens with zero attached hydrogens (tertiary/aromatic N) is 1. The van der Waals surface area contributed by atoms with E-state index in [2.05, 4.69) is 4.72 Å². The zero-order valence-corrected chi connectivity index (χ0v) is 15.2. The van der Waals surface area contributed by atoms with Crippen LogP contribution in [0.15, 0.2) is 29.2 Å². The number of benzene rings is 1. The van der Waals surface area contributed by atoms with Crippen LogP contribution >= 0.6 is 0 Å². The highest BCUT2D eigenvalue weighted by atomic mass is 32.2. The van der Waals surface area contributed by atoms with Crippen molar-refractivity contribution in [1.29, 1.82) is 0 Å². The molecule has 26 heavy (non-hydrogen) atoms. The number of carboxylic acid groups (broad SMARTS) is 1. The molecule has 1 aromatic carbocycles. The molecular formula is C17H23FN2O5S. The van der Waals surface area contributed by atoms with Crippen LogP contribution in [0.4, 0.5) is 4.39 Å². The molecule has 1 aliphatic heterocycles. The smallest absolute Gasteiger partial charge is 0.303 e. The molecule has 1 unspecified atom stereocenters. The quantitative estimate of drug-likeness (QED) is 0.706. The summed E-state index contributed by atoms with van der Waals surface area (Å²) in [6.07, 6.45) is 2.27. The van der Waals surface area contributed by atoms with Gasteiger partial charge in [-0.3, -0.25) is 9.59 Å². The van der Waals surface area contributed by atoms with Crippen molar-refractivity contribution >= 4 is 21.9 Å². The van der Waals surface area contributed by atoms with Crippen molar-refractivity contribution in [2.24, 2.45) is 5.92 Å². The summed E-state index contributed by atoms with van der Waals surface area (Å²) in [6, 6.07) is 5.05. The van der Waals surface area contributed by atoms with Gasteiger partial charge in [0.05, 0.1) is 0 Å². The van der Waals surface area contributed by atoms with E-state index in [0.29, 0.717) is 19.5 Å². The first-order chi connectivity index (χ1) is 12.3. The van der Waals surface area contributed by atoms with Crippen LogP contribution in [0.25, 0.3) is 0 Å². The van der Waals surface area contributed by atoms with Crippen LogP contribution in [0, 0.1) is 11.7 Å². The van der Waals surface area contributed by atoms with Gasteiger partial charge >= 0.3 is 5.97 Å². The number of nitrogens with one attached hydrogen (secondary N) is 1. The Morgan fingerprint density at radius 3 is 2.69 bits per heavy atom. The summed E-state index contributed by atoms with van der Waals surface area (Å²) in [4.78, 5) is 24.1. The van der Waals surface area contributed by atoms with E-state index in [1.807, 2.05) is 0 Å². The number of carbonyl (C=O) groups excluding carboxylic acids is 1. The molecule has 1 atom stereocenters. The van der Waals surface area contributed by atoms with E-state index < -0.39 is 26.7 Å². The minimum absolute atomic E-state index is 0.0284. The minimum Gasteiger partial charge on any atom is -0.481 e. The molecule has 0 aromatic heterocycles. The Hall–Kier alpha value is -2.00. The van der Waals surface area contributed by atoms with E-state index in [0.717, 1.165) is 25.0 Å². The Labute approximate surface area is 152 Å². The number of carboxylic acids is 1. The van der Waals surface area contributed by atoms with Crippen molar-refractivity contribution in [3.8, 4) is 0 Å². The Morgan fingerprint density at radius 1 is 1.27 bits per heavy atom. The molecule has 0 aliphatic carbocycles. The van der Waals surface area contributed by atoms with E-state index in [9.17, 15) is 22.4 Å². The van der Waals surface area contributed by atoms with E-state index in [4.69, 9.17) is 5.11 Å². The summed E-state index contributed by atoms with van der Waals surface area (Å²) >= 11 is 0. The molecular weight excluding hydrogens is 363 g/mol. The number of carbonyl (C=O) groups is 2. The van der Waals surface area contributed by atoms with E-state index in [-0.39, 0.29) is 31.2 Å². The molecule has 1 heterocycles. The maximum absolute atomic E-state index is 13.6. The molecule has 1 aromatic rings. The molecule has 0 saturated carbocycles. The van der Waals surface area contributed by atoms with Crippen molar-refractivity contribution in [3.05, 3.63) is 30.1 Å². The lowest BCUT2D eigenvalue weighted by molar-refractivity contribution is -0.137. The van der Waals surface area contributed by atoms with E-state index in [1.54, 1.807) is 4.90 Å². The number of aliphatic carboxylic acids is 1. The van der Waals surface area contributed by atoms with Crippen LogP contribution in [0.1, 0.15) is 32.1 Å². The molecule has 0 radical (unpaired) electrons. The summed E-state index contributed by atoms with van der Waals surface area (Å²) in [6.45, 7) is 0.959. The molecule has 9 heteroatoms.